The summed E-state index contributed by atoms with van der Waals surface area (Å²) in [6, 6.07) is 18.1. The van der Waals surface area contributed by atoms with Crippen molar-refractivity contribution in [3.05, 3.63) is 84.4 Å². The second kappa shape index (κ2) is 15.3. The summed E-state index contributed by atoms with van der Waals surface area (Å²) in [6.07, 6.45) is 2.53. The molecule has 0 bridgehead atoms. The van der Waals surface area contributed by atoms with Gasteiger partial charge in [-0.15, -0.1) is 0 Å². The van der Waals surface area contributed by atoms with Crippen LogP contribution in [0.2, 0.25) is 16.6 Å². The van der Waals surface area contributed by atoms with Crippen LogP contribution in [0.1, 0.15) is 82.3 Å². The van der Waals surface area contributed by atoms with Gasteiger partial charge in [-0.25, -0.2) is 19.7 Å². The molecule has 0 aliphatic carbocycles. The molecule has 49 heavy (non-hydrogen) atoms. The van der Waals surface area contributed by atoms with Crippen LogP contribution in [0.25, 0.3) is 11.2 Å². The lowest BCUT2D eigenvalue weighted by Crippen LogP contribution is -2.62. The van der Waals surface area contributed by atoms with Gasteiger partial charge >= 0.3 is 5.97 Å². The highest BCUT2D eigenvalue weighted by molar-refractivity contribution is 6.77. The van der Waals surface area contributed by atoms with Crippen LogP contribution < -0.4 is 5.32 Å². The molecule has 1 aliphatic heterocycles. The van der Waals surface area contributed by atoms with E-state index in [9.17, 15) is 9.59 Å². The van der Waals surface area contributed by atoms with Crippen LogP contribution in [-0.2, 0) is 13.9 Å². The van der Waals surface area contributed by atoms with Gasteiger partial charge in [0, 0.05) is 24.7 Å². The summed E-state index contributed by atoms with van der Waals surface area (Å²) in [7, 11) is -2.33. The van der Waals surface area contributed by atoms with Gasteiger partial charge in [0.05, 0.1) is 18.5 Å². The number of hydrogen-bond donors (Lipinski definition) is 1. The molecule has 1 N–H and O–H groups in total. The van der Waals surface area contributed by atoms with Gasteiger partial charge in [-0.2, -0.15) is 0 Å². The topological polar surface area (TPSA) is 121 Å². The number of amides is 1. The number of aromatic nitrogens is 4. The highest BCUT2D eigenvalue weighted by atomic mass is 28.4. The number of esters is 1. The maximum Gasteiger partial charge on any atom is 0.338 e. The number of carbonyl (C=O) groups is 2. The number of morpholine rings is 1. The summed E-state index contributed by atoms with van der Waals surface area (Å²) in [6.45, 7) is 19.1. The molecule has 1 aliphatic rings. The number of rotatable bonds is 13. The summed E-state index contributed by atoms with van der Waals surface area (Å²) >= 11 is 0. The monoisotopic (exact) mass is 686 g/mol. The van der Waals surface area contributed by atoms with Gasteiger partial charge in [0.2, 0.25) is 0 Å². The summed E-state index contributed by atoms with van der Waals surface area (Å²) < 4.78 is 22.2. The number of nitrogens with zero attached hydrogens (tertiary/aromatic N) is 5. The average Bonchev–Trinajstić information content (AvgIpc) is 3.53. The highest BCUT2D eigenvalue weighted by Crippen LogP contribution is 2.44. The van der Waals surface area contributed by atoms with Crippen LogP contribution in [0.5, 0.6) is 0 Å². The van der Waals surface area contributed by atoms with E-state index in [1.165, 1.54) is 6.33 Å². The zero-order chi connectivity index (χ0) is 35.3. The molecular weight excluding hydrogens is 637 g/mol. The lowest BCUT2D eigenvalue weighted by molar-refractivity contribution is -0.215. The summed E-state index contributed by atoms with van der Waals surface area (Å²) in [5, 5.41) is 2.89. The molecule has 1 saturated heterocycles. The van der Waals surface area contributed by atoms with Crippen LogP contribution >= 0.6 is 0 Å². The molecule has 0 saturated carbocycles. The zero-order valence-electron chi connectivity index (χ0n) is 29.9. The number of benzene rings is 2. The second-order valence-corrected chi connectivity index (χ2v) is 19.7. The lowest BCUT2D eigenvalue weighted by Gasteiger charge is -2.50. The third-order valence-electron chi connectivity index (χ3n) is 9.70. The van der Waals surface area contributed by atoms with Gasteiger partial charge < -0.3 is 19.2 Å². The summed E-state index contributed by atoms with van der Waals surface area (Å²) in [4.78, 5) is 42.2. The van der Waals surface area contributed by atoms with Gasteiger partial charge in [0.15, 0.2) is 25.3 Å². The van der Waals surface area contributed by atoms with Crippen molar-refractivity contribution in [2.24, 2.45) is 0 Å². The molecule has 2 aromatic carbocycles. The molecule has 1 fully saturated rings. The van der Waals surface area contributed by atoms with E-state index in [-0.39, 0.29) is 25.2 Å². The molecule has 3 heterocycles. The van der Waals surface area contributed by atoms with Crippen LogP contribution in [0.15, 0.2) is 73.3 Å². The minimum absolute atomic E-state index is 0.000784. The first-order chi connectivity index (χ1) is 23.4. The fourth-order valence-electron chi connectivity index (χ4n) is 7.27. The highest BCUT2D eigenvalue weighted by Gasteiger charge is 2.50. The number of ether oxygens (including phenoxy) is 2. The Morgan fingerprint density at radius 2 is 1.49 bits per heavy atom. The Bertz CT molecular complexity index is 1690. The molecule has 11 nitrogen and oxygen atoms in total. The predicted molar refractivity (Wildman–Crippen MR) is 193 cm³/mol. The predicted octanol–water partition coefficient (Wildman–Crippen LogP) is 7.11. The van der Waals surface area contributed by atoms with Crippen molar-refractivity contribution >= 4 is 37.2 Å². The number of hydrogen-bond acceptors (Lipinski definition) is 9. The van der Waals surface area contributed by atoms with E-state index < -0.39 is 26.1 Å². The second-order valence-electron chi connectivity index (χ2n) is 14.2. The van der Waals surface area contributed by atoms with E-state index in [2.05, 4.69) is 80.6 Å². The van der Waals surface area contributed by atoms with E-state index >= 15 is 0 Å². The van der Waals surface area contributed by atoms with Crippen LogP contribution in [0, 0.1) is 0 Å². The van der Waals surface area contributed by atoms with Gasteiger partial charge in [-0.05, 0) is 54.7 Å². The van der Waals surface area contributed by atoms with Crippen molar-refractivity contribution < 1.29 is 23.5 Å². The quantitative estimate of drug-likeness (QED) is 0.116. The van der Waals surface area contributed by atoms with E-state index in [4.69, 9.17) is 13.9 Å². The van der Waals surface area contributed by atoms with Gasteiger partial charge in [0.1, 0.15) is 24.8 Å². The third kappa shape index (κ3) is 7.77. The fourth-order valence-corrected chi connectivity index (χ4v) is 12.8. The minimum Gasteiger partial charge on any atom is -0.459 e. The smallest absolute Gasteiger partial charge is 0.338 e. The molecule has 0 unspecified atom stereocenters. The van der Waals surface area contributed by atoms with Gasteiger partial charge in [0.25, 0.3) is 5.91 Å². The molecule has 5 rings (SSSR count). The standard InChI is InChI=1S/C37H50N6O5Si/c1-25(2)42-19-31(43-24-40-32-33(38-23-39-34(32)43)41-35(44)29-15-11-9-12-16-29)48-37(20-42,21-46-36(45)30-17-13-10-14-18-30)22-47-49(26(3)4,27(5)6)28(7)8/h9-18,23-28,31H,19-22H2,1-8H3,(H,38,39,41,44)/t31-,37+/m1/s1. The maximum absolute atomic E-state index is 13.3. The van der Waals surface area contributed by atoms with Gasteiger partial charge in [-0.3, -0.25) is 14.3 Å². The first-order valence-corrected chi connectivity index (χ1v) is 19.3. The Kier molecular flexibility index (Phi) is 11.3. The molecule has 12 heteroatoms. The van der Waals surface area contributed by atoms with Crippen LogP contribution in [-0.4, -0.2) is 82.6 Å². The summed E-state index contributed by atoms with van der Waals surface area (Å²) in [5.41, 5.74) is 2.02. The molecule has 0 spiro atoms. The Morgan fingerprint density at radius 1 is 0.878 bits per heavy atom. The SMILES string of the molecule is CC(C)N1C[C@H](n2cnc3c(NC(=O)c4ccccc4)ncnc32)O[C@@](COC(=O)c2ccccc2)(CO[Si](C(C)C)(C(C)C)C(C)C)C1. The minimum atomic E-state index is -2.33. The molecule has 2 atom stereocenters. The van der Waals surface area contributed by atoms with Crippen molar-refractivity contribution in [2.75, 3.05) is 31.6 Å². The number of carbonyl (C=O) groups excluding carboxylic acids is 2. The fraction of sp³-hybridized carbons (Fsp3) is 0.486. The lowest BCUT2D eigenvalue weighted by atomic mass is 10.0. The van der Waals surface area contributed by atoms with Crippen molar-refractivity contribution in [1.82, 2.24) is 24.4 Å². The Morgan fingerprint density at radius 3 is 2.08 bits per heavy atom. The van der Waals surface area contributed by atoms with Crippen molar-refractivity contribution in [3.8, 4) is 0 Å². The normalized spacial score (nSPS) is 18.9. The number of imidazole rings is 1. The Labute approximate surface area is 290 Å². The first kappa shape index (κ1) is 36.3. The molecule has 0 radical (unpaired) electrons. The Hall–Kier alpha value is -3.97. The molecule has 4 aromatic rings. The maximum atomic E-state index is 13.3. The van der Waals surface area contributed by atoms with Crippen molar-refractivity contribution in [3.63, 3.8) is 0 Å². The van der Waals surface area contributed by atoms with E-state index in [0.717, 1.165) is 0 Å². The zero-order valence-corrected chi connectivity index (χ0v) is 30.9. The number of fused-ring (bicyclic) bond motifs is 1. The van der Waals surface area contributed by atoms with Crippen LogP contribution in [0.3, 0.4) is 0 Å². The van der Waals surface area contributed by atoms with E-state index in [0.29, 0.717) is 57.8 Å². The number of nitrogens with one attached hydrogen (secondary N) is 1. The van der Waals surface area contributed by atoms with Crippen molar-refractivity contribution in [1.29, 1.82) is 0 Å². The van der Waals surface area contributed by atoms with Gasteiger partial charge in [-0.1, -0.05) is 77.9 Å². The largest absolute Gasteiger partial charge is 0.459 e. The number of anilines is 1. The van der Waals surface area contributed by atoms with Crippen LogP contribution in [0.4, 0.5) is 5.82 Å². The van der Waals surface area contributed by atoms with E-state index in [1.54, 1.807) is 30.6 Å². The average molecular weight is 687 g/mol. The first-order valence-electron chi connectivity index (χ1n) is 17.2. The summed E-state index contributed by atoms with van der Waals surface area (Å²) in [5.74, 6) is -0.400. The molecule has 2 aromatic heterocycles. The Balaban J connectivity index is 1.51. The van der Waals surface area contributed by atoms with Crippen molar-refractivity contribution in [2.45, 2.75) is 89.9 Å². The third-order valence-corrected chi connectivity index (χ3v) is 15.8. The molecule has 1 amide bonds. The molecular formula is C37H50N6O5Si. The van der Waals surface area contributed by atoms with E-state index in [1.807, 2.05) is 41.0 Å². The molecule has 262 valence electrons.